The van der Waals surface area contributed by atoms with E-state index in [0.29, 0.717) is 22.5 Å². The van der Waals surface area contributed by atoms with Gasteiger partial charge in [0, 0.05) is 18.9 Å². The van der Waals surface area contributed by atoms with Crippen LogP contribution in [-0.2, 0) is 11.3 Å². The normalized spacial score (nSPS) is 12.0. The number of ketones is 1. The first-order chi connectivity index (χ1) is 13.0. The first-order valence-corrected chi connectivity index (χ1v) is 8.96. The van der Waals surface area contributed by atoms with Crippen molar-refractivity contribution in [3.05, 3.63) is 76.7 Å². The molecule has 0 N–H and O–H groups in total. The predicted molar refractivity (Wildman–Crippen MR) is 107 cm³/mol. The number of carbonyl (C=O) groups is 1. The maximum atomic E-state index is 12.4. The lowest BCUT2D eigenvalue weighted by Gasteiger charge is -2.07. The molecule has 3 rings (SSSR count). The topological polar surface area (TPSA) is 65.1 Å². The molecule has 0 bridgehead atoms. The zero-order valence-corrected chi connectivity index (χ0v) is 15.5. The van der Waals surface area contributed by atoms with E-state index in [2.05, 4.69) is 18.8 Å². The Labute approximate surface area is 157 Å². The molecule has 0 unspecified atom stereocenters. The fourth-order valence-corrected chi connectivity index (χ4v) is 2.66. The van der Waals surface area contributed by atoms with Gasteiger partial charge >= 0.3 is 0 Å². The lowest BCUT2D eigenvalue weighted by molar-refractivity contribution is -0.110. The van der Waals surface area contributed by atoms with Crippen molar-refractivity contribution in [2.45, 2.75) is 26.8 Å². The number of nitrogens with zero attached hydrogens (tertiary/aromatic N) is 2. The van der Waals surface area contributed by atoms with E-state index in [-0.39, 0.29) is 11.2 Å². The highest BCUT2D eigenvalue weighted by atomic mass is 16.3. The third-order valence-corrected chi connectivity index (χ3v) is 4.23. The molecule has 0 spiro atoms. The largest absolute Gasteiger partial charge is 0.463 e. The van der Waals surface area contributed by atoms with Crippen LogP contribution in [0.25, 0.3) is 23.1 Å². The van der Waals surface area contributed by atoms with Gasteiger partial charge in [0.05, 0.1) is 10.9 Å². The van der Waals surface area contributed by atoms with Crippen LogP contribution < -0.4 is 5.43 Å². The van der Waals surface area contributed by atoms with Gasteiger partial charge in [-0.15, -0.1) is 0 Å². The van der Waals surface area contributed by atoms with Crippen LogP contribution in [0.2, 0.25) is 0 Å². The molecule has 2 aromatic heterocycles. The molecule has 5 nitrogen and oxygen atoms in total. The lowest BCUT2D eigenvalue weighted by Crippen LogP contribution is -2.04. The van der Waals surface area contributed by atoms with Crippen molar-refractivity contribution in [3.8, 4) is 0 Å². The van der Waals surface area contributed by atoms with E-state index in [1.54, 1.807) is 36.5 Å². The Hall–Kier alpha value is -3.21. The summed E-state index contributed by atoms with van der Waals surface area (Å²) in [5.41, 5.74) is 0.710. The quantitative estimate of drug-likeness (QED) is 0.587. The van der Waals surface area contributed by atoms with Gasteiger partial charge in [0.25, 0.3) is 0 Å². The molecule has 0 aliphatic rings. The molecule has 0 fully saturated rings. The minimum absolute atomic E-state index is 0.158. The number of rotatable bonds is 7. The zero-order chi connectivity index (χ0) is 19.2. The molecule has 0 amide bonds. The third-order valence-electron chi connectivity index (χ3n) is 4.23. The van der Waals surface area contributed by atoms with E-state index in [4.69, 9.17) is 4.42 Å². The molecule has 0 aliphatic carbocycles. The number of aryl methyl sites for hydroxylation is 1. The molecule has 27 heavy (non-hydrogen) atoms. The van der Waals surface area contributed by atoms with E-state index >= 15 is 0 Å². The average molecular weight is 362 g/mol. The molecule has 0 aliphatic heterocycles. The van der Waals surface area contributed by atoms with E-state index in [0.717, 1.165) is 18.8 Å². The Balaban J connectivity index is 1.71. The number of carbonyl (C=O) groups excluding carboxylic acids is 1. The highest BCUT2D eigenvalue weighted by Crippen LogP contribution is 2.11. The summed E-state index contributed by atoms with van der Waals surface area (Å²) in [6.07, 6.45) is 12.0. The monoisotopic (exact) mass is 362 g/mol. The standard InChI is InChI=1S/C22H22N2O3/c1-16(2)11-13-24-14-12-23-21(24)10-9-18(25)8-7-17-15-27-20-6-4-3-5-19(20)22(17)26/h3-10,12,14-16H,11,13H2,1-2H3/b8-7+,10-9+. The van der Waals surface area contributed by atoms with E-state index in [9.17, 15) is 9.59 Å². The fourth-order valence-electron chi connectivity index (χ4n) is 2.66. The number of benzene rings is 1. The lowest BCUT2D eigenvalue weighted by atomic mass is 10.1. The maximum absolute atomic E-state index is 12.4. The van der Waals surface area contributed by atoms with Crippen molar-refractivity contribution in [1.29, 1.82) is 0 Å². The first-order valence-electron chi connectivity index (χ1n) is 8.96. The highest BCUT2D eigenvalue weighted by Gasteiger charge is 2.04. The number of imidazole rings is 1. The SMILES string of the molecule is CC(C)CCn1ccnc1/C=C/C(=O)/C=C/c1coc2ccccc2c1=O. The molecular weight excluding hydrogens is 340 g/mol. The summed E-state index contributed by atoms with van der Waals surface area (Å²) >= 11 is 0. The van der Waals surface area contributed by atoms with Crippen LogP contribution >= 0.6 is 0 Å². The molecule has 0 radical (unpaired) electrons. The Bertz CT molecular complexity index is 1050. The number of allylic oxidation sites excluding steroid dienone is 2. The molecule has 5 heteroatoms. The van der Waals surface area contributed by atoms with Crippen LogP contribution in [0.3, 0.4) is 0 Å². The molecule has 1 aromatic carbocycles. The van der Waals surface area contributed by atoms with Gasteiger partial charge in [0.1, 0.15) is 17.7 Å². The number of para-hydroxylation sites is 1. The van der Waals surface area contributed by atoms with Gasteiger partial charge < -0.3 is 8.98 Å². The summed E-state index contributed by atoms with van der Waals surface area (Å²) in [5, 5.41) is 0.495. The van der Waals surface area contributed by atoms with Crippen LogP contribution in [0, 0.1) is 5.92 Å². The Morgan fingerprint density at radius 2 is 2.00 bits per heavy atom. The number of hydrogen-bond acceptors (Lipinski definition) is 4. The van der Waals surface area contributed by atoms with Gasteiger partial charge in [-0.25, -0.2) is 4.98 Å². The van der Waals surface area contributed by atoms with Gasteiger partial charge in [-0.05, 0) is 48.8 Å². The molecular formula is C22H22N2O3. The summed E-state index contributed by atoms with van der Waals surface area (Å²) in [6, 6.07) is 7.03. The third kappa shape index (κ3) is 4.70. The Morgan fingerprint density at radius 1 is 1.22 bits per heavy atom. The van der Waals surface area contributed by atoms with Crippen LogP contribution in [-0.4, -0.2) is 15.3 Å². The maximum Gasteiger partial charge on any atom is 0.199 e. The number of fused-ring (bicyclic) bond motifs is 1. The average Bonchev–Trinajstić information content (AvgIpc) is 3.12. The minimum Gasteiger partial charge on any atom is -0.463 e. The summed E-state index contributed by atoms with van der Waals surface area (Å²) in [7, 11) is 0. The molecule has 0 saturated carbocycles. The zero-order valence-electron chi connectivity index (χ0n) is 15.5. The van der Waals surface area contributed by atoms with Crippen molar-refractivity contribution in [3.63, 3.8) is 0 Å². The number of aromatic nitrogens is 2. The predicted octanol–water partition coefficient (Wildman–Crippen LogP) is 4.33. The van der Waals surface area contributed by atoms with E-state index in [1.165, 1.54) is 24.5 Å². The van der Waals surface area contributed by atoms with Crippen molar-refractivity contribution >= 4 is 28.9 Å². The summed E-state index contributed by atoms with van der Waals surface area (Å²) in [5.74, 6) is 1.12. The van der Waals surface area contributed by atoms with Crippen LogP contribution in [0.5, 0.6) is 0 Å². The van der Waals surface area contributed by atoms with Gasteiger partial charge in [-0.2, -0.15) is 0 Å². The molecule has 138 valence electrons. The van der Waals surface area contributed by atoms with Crippen molar-refractivity contribution in [2.24, 2.45) is 5.92 Å². The second-order valence-corrected chi connectivity index (χ2v) is 6.75. The van der Waals surface area contributed by atoms with E-state index < -0.39 is 0 Å². The smallest absolute Gasteiger partial charge is 0.199 e. The number of hydrogen-bond donors (Lipinski definition) is 0. The van der Waals surface area contributed by atoms with Gasteiger partial charge in [-0.1, -0.05) is 26.0 Å². The molecule has 3 aromatic rings. The Kier molecular flexibility index (Phi) is 5.81. The van der Waals surface area contributed by atoms with Gasteiger partial charge in [0.2, 0.25) is 0 Å². The summed E-state index contributed by atoms with van der Waals surface area (Å²) < 4.78 is 7.46. The van der Waals surface area contributed by atoms with Crippen LogP contribution in [0.15, 0.2) is 64.3 Å². The van der Waals surface area contributed by atoms with Crippen molar-refractivity contribution in [1.82, 2.24) is 9.55 Å². The van der Waals surface area contributed by atoms with Crippen LogP contribution in [0.4, 0.5) is 0 Å². The van der Waals surface area contributed by atoms with Gasteiger partial charge in [0.15, 0.2) is 11.2 Å². The second kappa shape index (κ2) is 8.45. The van der Waals surface area contributed by atoms with E-state index in [1.807, 2.05) is 10.8 Å². The molecule has 0 atom stereocenters. The summed E-state index contributed by atoms with van der Waals surface area (Å²) in [6.45, 7) is 5.20. The van der Waals surface area contributed by atoms with Gasteiger partial charge in [-0.3, -0.25) is 9.59 Å². The first kappa shape index (κ1) is 18.6. The van der Waals surface area contributed by atoms with Crippen molar-refractivity contribution in [2.75, 3.05) is 0 Å². The summed E-state index contributed by atoms with van der Waals surface area (Å²) in [4.78, 5) is 28.8. The van der Waals surface area contributed by atoms with Crippen molar-refractivity contribution < 1.29 is 9.21 Å². The Morgan fingerprint density at radius 3 is 2.81 bits per heavy atom. The van der Waals surface area contributed by atoms with Crippen LogP contribution in [0.1, 0.15) is 31.7 Å². The second-order valence-electron chi connectivity index (χ2n) is 6.75. The highest BCUT2D eigenvalue weighted by molar-refractivity contribution is 6.04. The minimum atomic E-state index is -0.221. The molecule has 0 saturated heterocycles. The molecule has 2 heterocycles. The fraction of sp³-hybridized carbons (Fsp3) is 0.227.